The highest BCUT2D eigenvalue weighted by Crippen LogP contribution is 2.30. The maximum absolute atomic E-state index is 4.52. The first-order valence-electron chi connectivity index (χ1n) is 7.04. The third-order valence-electron chi connectivity index (χ3n) is 3.82. The van der Waals surface area contributed by atoms with Crippen molar-refractivity contribution < 1.29 is 0 Å². The highest BCUT2D eigenvalue weighted by Gasteiger charge is 2.28. The molecule has 1 N–H and O–H groups in total. The molecule has 0 atom stereocenters. The molecule has 3 nitrogen and oxygen atoms in total. The standard InChI is InChI=1S/C15H29N3/c1-7-15(8-2,12-16-14(3,4)5)11-13-9-10-18(6)17-13/h9-10,16H,7-8,11-12H2,1-6H3. The highest BCUT2D eigenvalue weighted by molar-refractivity contribution is 5.03. The van der Waals surface area contributed by atoms with Crippen LogP contribution in [0.2, 0.25) is 0 Å². The van der Waals surface area contributed by atoms with Gasteiger partial charge >= 0.3 is 0 Å². The fourth-order valence-corrected chi connectivity index (χ4v) is 2.21. The summed E-state index contributed by atoms with van der Waals surface area (Å²) in [5.74, 6) is 0. The van der Waals surface area contributed by atoms with Crippen molar-refractivity contribution in [2.45, 2.75) is 59.4 Å². The van der Waals surface area contributed by atoms with Crippen molar-refractivity contribution in [1.82, 2.24) is 15.1 Å². The van der Waals surface area contributed by atoms with Gasteiger partial charge in [-0.15, -0.1) is 0 Å². The zero-order valence-electron chi connectivity index (χ0n) is 12.9. The van der Waals surface area contributed by atoms with Crippen LogP contribution in [-0.2, 0) is 13.5 Å². The number of rotatable bonds is 6. The van der Waals surface area contributed by atoms with Crippen LogP contribution in [0.4, 0.5) is 0 Å². The summed E-state index contributed by atoms with van der Waals surface area (Å²) in [5.41, 5.74) is 1.71. The van der Waals surface area contributed by atoms with Crippen LogP contribution < -0.4 is 5.32 Å². The second-order valence-corrected chi connectivity index (χ2v) is 6.47. The van der Waals surface area contributed by atoms with Crippen molar-refractivity contribution in [2.24, 2.45) is 12.5 Å². The summed E-state index contributed by atoms with van der Waals surface area (Å²) in [5, 5.41) is 8.18. The molecular formula is C15H29N3. The van der Waals surface area contributed by atoms with E-state index in [2.05, 4.69) is 51.1 Å². The second-order valence-electron chi connectivity index (χ2n) is 6.47. The molecule has 3 heteroatoms. The molecule has 0 saturated carbocycles. The van der Waals surface area contributed by atoms with Gasteiger partial charge in [0.25, 0.3) is 0 Å². The Balaban J connectivity index is 2.73. The van der Waals surface area contributed by atoms with Gasteiger partial charge in [-0.1, -0.05) is 13.8 Å². The first kappa shape index (κ1) is 15.2. The van der Waals surface area contributed by atoms with Crippen molar-refractivity contribution in [3.05, 3.63) is 18.0 Å². The molecule has 18 heavy (non-hydrogen) atoms. The quantitative estimate of drug-likeness (QED) is 0.841. The van der Waals surface area contributed by atoms with E-state index in [9.17, 15) is 0 Å². The summed E-state index contributed by atoms with van der Waals surface area (Å²) in [4.78, 5) is 0. The lowest BCUT2D eigenvalue weighted by molar-refractivity contribution is 0.218. The molecule has 1 aromatic heterocycles. The van der Waals surface area contributed by atoms with Crippen LogP contribution >= 0.6 is 0 Å². The maximum Gasteiger partial charge on any atom is 0.0630 e. The lowest BCUT2D eigenvalue weighted by Crippen LogP contribution is -2.44. The Bertz CT molecular complexity index is 356. The van der Waals surface area contributed by atoms with Gasteiger partial charge in [0, 0.05) is 25.3 Å². The van der Waals surface area contributed by atoms with Crippen molar-refractivity contribution >= 4 is 0 Å². The lowest BCUT2D eigenvalue weighted by Gasteiger charge is -2.35. The van der Waals surface area contributed by atoms with Gasteiger partial charge in [0.05, 0.1) is 5.69 Å². The van der Waals surface area contributed by atoms with Gasteiger partial charge in [-0.05, 0) is 51.5 Å². The number of hydrogen-bond acceptors (Lipinski definition) is 2. The summed E-state index contributed by atoms with van der Waals surface area (Å²) >= 11 is 0. The van der Waals surface area contributed by atoms with Gasteiger partial charge in [0.1, 0.15) is 0 Å². The Morgan fingerprint density at radius 1 is 1.22 bits per heavy atom. The molecule has 104 valence electrons. The number of aromatic nitrogens is 2. The first-order chi connectivity index (χ1) is 8.30. The monoisotopic (exact) mass is 251 g/mol. The SMILES string of the molecule is CCC(CC)(CNC(C)(C)C)Cc1ccn(C)n1. The lowest BCUT2D eigenvalue weighted by atomic mass is 9.77. The van der Waals surface area contributed by atoms with E-state index in [-0.39, 0.29) is 5.54 Å². The number of aryl methyl sites for hydroxylation is 1. The number of hydrogen-bond donors (Lipinski definition) is 1. The Labute approximate surface area is 112 Å². The summed E-state index contributed by atoms with van der Waals surface area (Å²) in [6, 6.07) is 2.14. The number of nitrogens with one attached hydrogen (secondary N) is 1. The highest BCUT2D eigenvalue weighted by atomic mass is 15.2. The van der Waals surface area contributed by atoms with Gasteiger partial charge in [0.2, 0.25) is 0 Å². The van der Waals surface area contributed by atoms with E-state index in [4.69, 9.17) is 0 Å². The fourth-order valence-electron chi connectivity index (χ4n) is 2.21. The van der Waals surface area contributed by atoms with Crippen molar-refractivity contribution in [2.75, 3.05) is 6.54 Å². The fraction of sp³-hybridized carbons (Fsp3) is 0.800. The van der Waals surface area contributed by atoms with E-state index in [1.165, 1.54) is 18.5 Å². The molecule has 0 unspecified atom stereocenters. The van der Waals surface area contributed by atoms with Crippen LogP contribution in [0.25, 0.3) is 0 Å². The zero-order chi connectivity index (χ0) is 13.8. The molecule has 0 aliphatic rings. The first-order valence-corrected chi connectivity index (χ1v) is 7.04. The molecular weight excluding hydrogens is 222 g/mol. The van der Waals surface area contributed by atoms with Gasteiger partial charge in [-0.3, -0.25) is 4.68 Å². The smallest absolute Gasteiger partial charge is 0.0630 e. The summed E-state index contributed by atoms with van der Waals surface area (Å²) in [6.07, 6.45) is 5.46. The molecule has 0 saturated heterocycles. The van der Waals surface area contributed by atoms with E-state index in [0.29, 0.717) is 5.41 Å². The van der Waals surface area contributed by atoms with Crippen LogP contribution in [0, 0.1) is 5.41 Å². The summed E-state index contributed by atoms with van der Waals surface area (Å²) in [6.45, 7) is 12.3. The van der Waals surface area contributed by atoms with Gasteiger partial charge < -0.3 is 5.32 Å². The zero-order valence-corrected chi connectivity index (χ0v) is 12.9. The molecule has 0 amide bonds. The molecule has 0 fully saturated rings. The predicted molar refractivity (Wildman–Crippen MR) is 77.7 cm³/mol. The second kappa shape index (κ2) is 5.87. The van der Waals surface area contributed by atoms with Crippen LogP contribution in [-0.4, -0.2) is 21.9 Å². The summed E-state index contributed by atoms with van der Waals surface area (Å²) in [7, 11) is 1.98. The average Bonchev–Trinajstić information content (AvgIpc) is 2.69. The normalized spacial score (nSPS) is 13.0. The van der Waals surface area contributed by atoms with E-state index in [1.807, 2.05) is 17.9 Å². The van der Waals surface area contributed by atoms with E-state index >= 15 is 0 Å². The Hall–Kier alpha value is -0.830. The minimum atomic E-state index is 0.180. The Morgan fingerprint density at radius 2 is 1.83 bits per heavy atom. The van der Waals surface area contributed by atoms with Crippen molar-refractivity contribution in [3.8, 4) is 0 Å². The summed E-state index contributed by atoms with van der Waals surface area (Å²) < 4.78 is 1.89. The number of nitrogens with zero attached hydrogens (tertiary/aromatic N) is 2. The van der Waals surface area contributed by atoms with Crippen molar-refractivity contribution in [3.63, 3.8) is 0 Å². The Morgan fingerprint density at radius 3 is 2.22 bits per heavy atom. The Kier molecular flexibility index (Phi) is 4.97. The topological polar surface area (TPSA) is 29.9 Å². The molecule has 1 rings (SSSR count). The third kappa shape index (κ3) is 4.45. The minimum Gasteiger partial charge on any atom is -0.312 e. The van der Waals surface area contributed by atoms with Crippen LogP contribution in [0.1, 0.15) is 53.2 Å². The van der Waals surface area contributed by atoms with E-state index in [1.54, 1.807) is 0 Å². The predicted octanol–water partition coefficient (Wildman–Crippen LogP) is 3.16. The largest absolute Gasteiger partial charge is 0.312 e. The van der Waals surface area contributed by atoms with Gasteiger partial charge in [-0.25, -0.2) is 0 Å². The van der Waals surface area contributed by atoms with Crippen LogP contribution in [0.3, 0.4) is 0 Å². The molecule has 0 radical (unpaired) electrons. The van der Waals surface area contributed by atoms with Crippen LogP contribution in [0.15, 0.2) is 12.3 Å². The molecule has 0 bridgehead atoms. The third-order valence-corrected chi connectivity index (χ3v) is 3.82. The van der Waals surface area contributed by atoms with Crippen molar-refractivity contribution in [1.29, 1.82) is 0 Å². The average molecular weight is 251 g/mol. The maximum atomic E-state index is 4.52. The van der Waals surface area contributed by atoms with Crippen LogP contribution in [0.5, 0.6) is 0 Å². The molecule has 0 aliphatic carbocycles. The van der Waals surface area contributed by atoms with Gasteiger partial charge in [-0.2, -0.15) is 5.10 Å². The minimum absolute atomic E-state index is 0.180. The van der Waals surface area contributed by atoms with E-state index < -0.39 is 0 Å². The molecule has 0 spiro atoms. The molecule has 1 aromatic rings. The van der Waals surface area contributed by atoms with E-state index in [0.717, 1.165) is 13.0 Å². The molecule has 0 aromatic carbocycles. The molecule has 1 heterocycles. The molecule has 0 aliphatic heterocycles. The van der Waals surface area contributed by atoms with Gasteiger partial charge in [0.15, 0.2) is 0 Å².